The van der Waals surface area contributed by atoms with Crippen molar-refractivity contribution in [2.45, 2.75) is 63.2 Å². The second kappa shape index (κ2) is 15.6. The summed E-state index contributed by atoms with van der Waals surface area (Å²) in [5.74, 6) is -5.70. The molecule has 2 aromatic heterocycles. The maximum Gasteiger partial charge on any atom is 0.305 e. The predicted molar refractivity (Wildman–Crippen MR) is 153 cm³/mol. The number of aldehydes is 1. The summed E-state index contributed by atoms with van der Waals surface area (Å²) >= 11 is 0. The van der Waals surface area contributed by atoms with E-state index in [9.17, 15) is 38.7 Å². The van der Waals surface area contributed by atoms with Gasteiger partial charge in [0, 0.05) is 49.5 Å². The standard InChI is InChI=1S/C28H33N7O9/c1-15(37)32-22(8-16-11-30-20-5-3-2-4-19(16)20)28(44)34-21(6-7-24(38)39)26(42)35-23(9-17-12-29-14-31-17)27(43)33-18(13-36)10-25(40)41/h2-5,11-14,18,21-23,30H,6-10H2,1H3,(H,29,31)(H,32,37)(H,33,43)(H,34,44)(H,35,42)(H,38,39)(H,40,41)/t18?,21?,22-,23-/m0/s1. The van der Waals surface area contributed by atoms with Crippen molar-refractivity contribution < 1.29 is 43.8 Å². The first-order valence-corrected chi connectivity index (χ1v) is 13.6. The number of carbonyl (C=O) groups excluding carboxylic acids is 5. The van der Waals surface area contributed by atoms with Gasteiger partial charge in [0.1, 0.15) is 24.4 Å². The lowest BCUT2D eigenvalue weighted by molar-refractivity contribution is -0.140. The highest BCUT2D eigenvalue weighted by Crippen LogP contribution is 2.19. The molecule has 4 atom stereocenters. The Morgan fingerprint density at radius 2 is 1.52 bits per heavy atom. The molecule has 0 saturated heterocycles. The molecule has 16 nitrogen and oxygen atoms in total. The lowest BCUT2D eigenvalue weighted by atomic mass is 10.0. The minimum atomic E-state index is -1.45. The Morgan fingerprint density at radius 3 is 2.16 bits per heavy atom. The van der Waals surface area contributed by atoms with Crippen molar-refractivity contribution in [3.8, 4) is 0 Å². The third kappa shape index (κ3) is 9.78. The fourth-order valence-corrected chi connectivity index (χ4v) is 4.48. The van der Waals surface area contributed by atoms with E-state index in [0.717, 1.165) is 10.9 Å². The van der Waals surface area contributed by atoms with E-state index >= 15 is 0 Å². The van der Waals surface area contributed by atoms with Crippen LogP contribution in [0.4, 0.5) is 0 Å². The molecule has 0 bridgehead atoms. The first kappa shape index (κ1) is 33.0. The van der Waals surface area contributed by atoms with Gasteiger partial charge in [0.2, 0.25) is 23.6 Å². The van der Waals surface area contributed by atoms with Crippen LogP contribution in [0, 0.1) is 0 Å². The van der Waals surface area contributed by atoms with Crippen LogP contribution in [0.25, 0.3) is 10.9 Å². The van der Waals surface area contributed by atoms with E-state index in [4.69, 9.17) is 5.11 Å². The summed E-state index contributed by atoms with van der Waals surface area (Å²) in [7, 11) is 0. The molecule has 44 heavy (non-hydrogen) atoms. The zero-order chi connectivity index (χ0) is 32.2. The second-order valence-corrected chi connectivity index (χ2v) is 9.99. The molecule has 0 spiro atoms. The first-order valence-electron chi connectivity index (χ1n) is 13.6. The molecular formula is C28H33N7O9. The monoisotopic (exact) mass is 611 g/mol. The van der Waals surface area contributed by atoms with Gasteiger partial charge in [0.15, 0.2) is 0 Å². The van der Waals surface area contributed by atoms with E-state index in [1.54, 1.807) is 6.20 Å². The molecule has 3 aromatic rings. The number of imidazole rings is 1. The quantitative estimate of drug-likeness (QED) is 0.0880. The van der Waals surface area contributed by atoms with Crippen molar-refractivity contribution >= 4 is 52.8 Å². The van der Waals surface area contributed by atoms with Gasteiger partial charge in [0.25, 0.3) is 0 Å². The van der Waals surface area contributed by atoms with Crippen LogP contribution in [0.5, 0.6) is 0 Å². The van der Waals surface area contributed by atoms with Gasteiger partial charge in [-0.3, -0.25) is 28.8 Å². The highest BCUT2D eigenvalue weighted by atomic mass is 16.4. The lowest BCUT2D eigenvalue weighted by Gasteiger charge is -2.25. The van der Waals surface area contributed by atoms with Crippen LogP contribution in [-0.2, 0) is 46.4 Å². The number of benzene rings is 1. The largest absolute Gasteiger partial charge is 0.481 e. The number of hydrogen-bond donors (Lipinski definition) is 8. The molecule has 0 aliphatic rings. The minimum absolute atomic E-state index is 0.0452. The van der Waals surface area contributed by atoms with Crippen molar-refractivity contribution in [2.24, 2.45) is 0 Å². The number of carboxylic acids is 2. The SMILES string of the molecule is CC(=O)N[C@@H](Cc1c[nH]c2ccccc12)C(=O)NC(CCC(=O)O)C(=O)N[C@@H](Cc1c[nH]cn1)C(=O)NC(C=O)CC(=O)O. The number of para-hydroxylation sites is 1. The van der Waals surface area contributed by atoms with Crippen molar-refractivity contribution in [2.75, 3.05) is 0 Å². The van der Waals surface area contributed by atoms with Crippen LogP contribution in [0.3, 0.4) is 0 Å². The van der Waals surface area contributed by atoms with Crippen LogP contribution in [0.15, 0.2) is 43.0 Å². The van der Waals surface area contributed by atoms with Crippen molar-refractivity contribution in [1.29, 1.82) is 0 Å². The van der Waals surface area contributed by atoms with E-state index in [1.807, 2.05) is 24.3 Å². The Hall–Kier alpha value is -5.54. The number of aromatic nitrogens is 3. The highest BCUT2D eigenvalue weighted by molar-refractivity contribution is 5.95. The molecule has 234 valence electrons. The van der Waals surface area contributed by atoms with E-state index in [1.165, 1.54) is 19.4 Å². The number of aromatic amines is 2. The minimum Gasteiger partial charge on any atom is -0.481 e. The van der Waals surface area contributed by atoms with E-state index in [2.05, 4.69) is 36.2 Å². The number of aliphatic carboxylic acids is 2. The summed E-state index contributed by atoms with van der Waals surface area (Å²) in [6.45, 7) is 1.22. The second-order valence-electron chi connectivity index (χ2n) is 9.99. The third-order valence-electron chi connectivity index (χ3n) is 6.56. The molecule has 0 radical (unpaired) electrons. The Labute approximate surface area is 250 Å². The lowest BCUT2D eigenvalue weighted by Crippen LogP contribution is -2.58. The van der Waals surface area contributed by atoms with Gasteiger partial charge in [-0.15, -0.1) is 0 Å². The predicted octanol–water partition coefficient (Wildman–Crippen LogP) is -0.826. The van der Waals surface area contributed by atoms with Crippen LogP contribution in [0.2, 0.25) is 0 Å². The van der Waals surface area contributed by atoms with Gasteiger partial charge < -0.3 is 46.2 Å². The average Bonchev–Trinajstić information content (AvgIpc) is 3.63. The van der Waals surface area contributed by atoms with Gasteiger partial charge in [-0.25, -0.2) is 4.98 Å². The van der Waals surface area contributed by atoms with Gasteiger partial charge in [-0.05, 0) is 18.1 Å². The molecule has 0 saturated carbocycles. The number of carboxylic acid groups (broad SMARTS) is 2. The number of hydrogen-bond acceptors (Lipinski definition) is 8. The number of fused-ring (bicyclic) bond motifs is 1. The number of H-pyrrole nitrogens is 2. The Kier molecular flexibility index (Phi) is 11.7. The average molecular weight is 612 g/mol. The molecule has 3 rings (SSSR count). The van der Waals surface area contributed by atoms with E-state index < -0.39 is 72.6 Å². The van der Waals surface area contributed by atoms with E-state index in [0.29, 0.717) is 11.3 Å². The van der Waals surface area contributed by atoms with E-state index in [-0.39, 0.29) is 25.5 Å². The summed E-state index contributed by atoms with van der Waals surface area (Å²) in [6, 6.07) is 1.96. The number of nitrogens with one attached hydrogen (secondary N) is 6. The fraction of sp³-hybridized carbons (Fsp3) is 0.357. The molecule has 8 N–H and O–H groups in total. The molecular weight excluding hydrogens is 578 g/mol. The van der Waals surface area contributed by atoms with Crippen LogP contribution >= 0.6 is 0 Å². The first-order chi connectivity index (χ1) is 21.0. The summed E-state index contributed by atoms with van der Waals surface area (Å²) in [5, 5.41) is 28.8. The number of rotatable bonds is 17. The number of nitrogens with zero attached hydrogens (tertiary/aromatic N) is 1. The maximum atomic E-state index is 13.4. The molecule has 0 aliphatic heterocycles. The molecule has 2 heterocycles. The molecule has 16 heteroatoms. The number of carbonyl (C=O) groups is 7. The van der Waals surface area contributed by atoms with Crippen molar-refractivity contribution in [3.05, 3.63) is 54.2 Å². The summed E-state index contributed by atoms with van der Waals surface area (Å²) < 4.78 is 0. The molecule has 1 aromatic carbocycles. The van der Waals surface area contributed by atoms with Crippen LogP contribution in [-0.4, -0.2) is 91.2 Å². The fourth-order valence-electron chi connectivity index (χ4n) is 4.48. The maximum absolute atomic E-state index is 13.4. The Morgan fingerprint density at radius 1 is 0.864 bits per heavy atom. The molecule has 0 aliphatic carbocycles. The zero-order valence-corrected chi connectivity index (χ0v) is 23.7. The smallest absolute Gasteiger partial charge is 0.305 e. The van der Waals surface area contributed by atoms with Gasteiger partial charge in [0.05, 0.1) is 24.5 Å². The molecule has 2 unspecified atom stereocenters. The highest BCUT2D eigenvalue weighted by Gasteiger charge is 2.31. The van der Waals surface area contributed by atoms with Crippen LogP contribution < -0.4 is 21.3 Å². The third-order valence-corrected chi connectivity index (χ3v) is 6.56. The van der Waals surface area contributed by atoms with Gasteiger partial charge in [-0.1, -0.05) is 18.2 Å². The van der Waals surface area contributed by atoms with Crippen molar-refractivity contribution in [1.82, 2.24) is 36.2 Å². The zero-order valence-electron chi connectivity index (χ0n) is 23.7. The number of amides is 4. The Bertz CT molecular complexity index is 1500. The Balaban J connectivity index is 1.82. The normalized spacial score (nSPS) is 13.6. The van der Waals surface area contributed by atoms with Crippen LogP contribution in [0.1, 0.15) is 37.4 Å². The molecule has 4 amide bonds. The summed E-state index contributed by atoms with van der Waals surface area (Å²) in [5.41, 5.74) is 1.86. The summed E-state index contributed by atoms with van der Waals surface area (Å²) in [6.07, 6.45) is 2.99. The summed E-state index contributed by atoms with van der Waals surface area (Å²) in [4.78, 5) is 95.3. The van der Waals surface area contributed by atoms with Gasteiger partial charge in [-0.2, -0.15) is 0 Å². The topological polar surface area (TPSA) is 253 Å². The molecule has 0 fully saturated rings. The van der Waals surface area contributed by atoms with Gasteiger partial charge >= 0.3 is 11.9 Å². The van der Waals surface area contributed by atoms with Crippen molar-refractivity contribution in [3.63, 3.8) is 0 Å².